The van der Waals surface area contributed by atoms with Crippen molar-refractivity contribution < 1.29 is 14.4 Å². The Kier molecular flexibility index (Phi) is 6.91. The number of rotatable bonds is 7. The molecule has 0 aromatic carbocycles. The summed E-state index contributed by atoms with van der Waals surface area (Å²) in [4.78, 5) is 46.9. The maximum Gasteiger partial charge on any atom is 0.325 e. The first-order chi connectivity index (χ1) is 15.4. The van der Waals surface area contributed by atoms with Gasteiger partial charge in [-0.1, -0.05) is 13.3 Å². The standard InChI is InChI=1S/C24H36N4O3S/c1-4-12-24(18-9-14-27(15-10-18)21(29)20-8-7-17(2)32-20)22(30)28(23(31)25-24)16-11-19-6-5-13-26(19)3/h7-8,18-19H,4-6,9-16H2,1-3H3,(H,25,31)/t19-,24-/m1/s1. The number of hydrogen-bond donors (Lipinski definition) is 1. The minimum Gasteiger partial charge on any atom is -0.338 e. The Balaban J connectivity index is 1.41. The van der Waals surface area contributed by atoms with Crippen LogP contribution in [0, 0.1) is 12.8 Å². The van der Waals surface area contributed by atoms with Crippen molar-refractivity contribution in [2.75, 3.05) is 33.2 Å². The quantitative estimate of drug-likeness (QED) is 0.633. The number of aryl methyl sites for hydroxylation is 1. The van der Waals surface area contributed by atoms with E-state index in [1.165, 1.54) is 22.7 Å². The van der Waals surface area contributed by atoms with Crippen molar-refractivity contribution >= 4 is 29.2 Å². The molecule has 3 fully saturated rings. The lowest BCUT2D eigenvalue weighted by Crippen LogP contribution is -2.56. The molecular formula is C24H36N4O3S. The van der Waals surface area contributed by atoms with Crippen LogP contribution in [0.3, 0.4) is 0 Å². The van der Waals surface area contributed by atoms with Crippen molar-refractivity contribution in [1.82, 2.24) is 20.0 Å². The third kappa shape index (κ3) is 4.31. The van der Waals surface area contributed by atoms with Crippen LogP contribution in [0.4, 0.5) is 4.79 Å². The van der Waals surface area contributed by atoms with Gasteiger partial charge in [0.15, 0.2) is 0 Å². The molecule has 3 saturated heterocycles. The van der Waals surface area contributed by atoms with Gasteiger partial charge in [-0.3, -0.25) is 14.5 Å². The van der Waals surface area contributed by atoms with Crippen LogP contribution in [0.15, 0.2) is 12.1 Å². The van der Waals surface area contributed by atoms with Crippen LogP contribution in [0.25, 0.3) is 0 Å². The fraction of sp³-hybridized carbons (Fsp3) is 0.708. The van der Waals surface area contributed by atoms with E-state index in [0.717, 1.165) is 48.4 Å². The second-order valence-electron chi connectivity index (χ2n) is 9.65. The Morgan fingerprint density at radius 1 is 1.19 bits per heavy atom. The van der Waals surface area contributed by atoms with Crippen LogP contribution in [-0.4, -0.2) is 77.4 Å². The van der Waals surface area contributed by atoms with Crippen LogP contribution < -0.4 is 5.32 Å². The Morgan fingerprint density at radius 2 is 1.94 bits per heavy atom. The summed E-state index contributed by atoms with van der Waals surface area (Å²) in [5.41, 5.74) is -0.817. The van der Waals surface area contributed by atoms with Gasteiger partial charge in [0.2, 0.25) is 0 Å². The van der Waals surface area contributed by atoms with E-state index in [2.05, 4.69) is 24.2 Å². The number of imide groups is 1. The lowest BCUT2D eigenvalue weighted by molar-refractivity contribution is -0.134. The third-order valence-electron chi connectivity index (χ3n) is 7.63. The van der Waals surface area contributed by atoms with E-state index in [1.807, 2.05) is 24.0 Å². The molecule has 1 N–H and O–H groups in total. The minimum atomic E-state index is -0.817. The van der Waals surface area contributed by atoms with E-state index in [4.69, 9.17) is 0 Å². The largest absolute Gasteiger partial charge is 0.338 e. The van der Waals surface area contributed by atoms with E-state index in [9.17, 15) is 14.4 Å². The van der Waals surface area contributed by atoms with Gasteiger partial charge < -0.3 is 15.1 Å². The molecule has 0 spiro atoms. The van der Waals surface area contributed by atoms with Gasteiger partial charge in [0.25, 0.3) is 11.8 Å². The van der Waals surface area contributed by atoms with Crippen LogP contribution in [-0.2, 0) is 4.79 Å². The molecule has 0 unspecified atom stereocenters. The van der Waals surface area contributed by atoms with Crippen molar-refractivity contribution in [2.24, 2.45) is 5.92 Å². The number of nitrogens with zero attached hydrogens (tertiary/aromatic N) is 3. The Hall–Kier alpha value is -1.93. The molecule has 1 aromatic heterocycles. The average molecular weight is 461 g/mol. The fourth-order valence-corrected chi connectivity index (χ4v) is 6.63. The molecule has 8 heteroatoms. The van der Waals surface area contributed by atoms with Gasteiger partial charge in [0, 0.05) is 30.6 Å². The van der Waals surface area contributed by atoms with E-state index in [-0.39, 0.29) is 23.8 Å². The third-order valence-corrected chi connectivity index (χ3v) is 8.62. The smallest absolute Gasteiger partial charge is 0.325 e. The molecule has 4 heterocycles. The summed E-state index contributed by atoms with van der Waals surface area (Å²) in [5.74, 6) is 0.0889. The van der Waals surface area contributed by atoms with Crippen LogP contribution in [0.2, 0.25) is 0 Å². The second-order valence-corrected chi connectivity index (χ2v) is 10.9. The van der Waals surface area contributed by atoms with Crippen molar-refractivity contribution in [3.8, 4) is 0 Å². The molecule has 2 atom stereocenters. The molecule has 7 nitrogen and oxygen atoms in total. The number of carbonyl (C=O) groups is 3. The van der Waals surface area contributed by atoms with Crippen molar-refractivity contribution in [2.45, 2.75) is 70.4 Å². The van der Waals surface area contributed by atoms with E-state index < -0.39 is 5.54 Å². The summed E-state index contributed by atoms with van der Waals surface area (Å²) in [6.07, 6.45) is 6.12. The summed E-state index contributed by atoms with van der Waals surface area (Å²) >= 11 is 1.53. The highest BCUT2D eigenvalue weighted by Crippen LogP contribution is 2.38. The average Bonchev–Trinajstić information content (AvgIpc) is 3.46. The number of amides is 4. The van der Waals surface area contributed by atoms with Gasteiger partial charge in [-0.25, -0.2) is 4.79 Å². The molecule has 176 valence electrons. The number of likely N-dealkylation sites (tertiary alicyclic amines) is 2. The van der Waals surface area contributed by atoms with Crippen molar-refractivity contribution in [3.05, 3.63) is 21.9 Å². The van der Waals surface area contributed by atoms with Gasteiger partial charge in [0.05, 0.1) is 4.88 Å². The number of piperidine rings is 1. The second kappa shape index (κ2) is 9.51. The Morgan fingerprint density at radius 3 is 2.53 bits per heavy atom. The predicted molar refractivity (Wildman–Crippen MR) is 126 cm³/mol. The maximum atomic E-state index is 13.6. The van der Waals surface area contributed by atoms with Crippen LogP contribution in [0.5, 0.6) is 0 Å². The van der Waals surface area contributed by atoms with Gasteiger partial charge >= 0.3 is 6.03 Å². The summed E-state index contributed by atoms with van der Waals surface area (Å²) < 4.78 is 0. The molecule has 0 radical (unpaired) electrons. The minimum absolute atomic E-state index is 0.0522. The molecule has 3 aliphatic heterocycles. The topological polar surface area (TPSA) is 73.0 Å². The van der Waals surface area contributed by atoms with E-state index in [0.29, 0.717) is 32.1 Å². The highest BCUT2D eigenvalue weighted by Gasteiger charge is 2.55. The van der Waals surface area contributed by atoms with Crippen molar-refractivity contribution in [1.29, 1.82) is 0 Å². The summed E-state index contributed by atoms with van der Waals surface area (Å²) in [6.45, 7) is 6.90. The number of nitrogens with one attached hydrogen (secondary N) is 1. The Labute approximate surface area is 195 Å². The summed E-state index contributed by atoms with van der Waals surface area (Å²) in [7, 11) is 2.12. The van der Waals surface area contributed by atoms with E-state index >= 15 is 0 Å². The van der Waals surface area contributed by atoms with E-state index in [1.54, 1.807) is 0 Å². The molecule has 0 saturated carbocycles. The molecule has 0 aliphatic carbocycles. The highest BCUT2D eigenvalue weighted by molar-refractivity contribution is 7.13. The number of urea groups is 1. The zero-order valence-corrected chi connectivity index (χ0v) is 20.4. The molecule has 4 rings (SSSR count). The number of hydrogen-bond acceptors (Lipinski definition) is 5. The van der Waals surface area contributed by atoms with Gasteiger partial charge in [-0.05, 0) is 77.1 Å². The van der Waals surface area contributed by atoms with Crippen LogP contribution in [0.1, 0.15) is 66.4 Å². The van der Waals surface area contributed by atoms with Gasteiger partial charge in [-0.2, -0.15) is 0 Å². The molecule has 1 aromatic rings. The lowest BCUT2D eigenvalue weighted by atomic mass is 9.74. The SMILES string of the molecule is CCC[C@]1(C2CCN(C(=O)c3ccc(C)s3)CC2)NC(=O)N(CC[C@H]2CCCN2C)C1=O. The molecule has 3 aliphatic rings. The lowest BCUT2D eigenvalue weighted by Gasteiger charge is -2.40. The molecule has 4 amide bonds. The first-order valence-electron chi connectivity index (χ1n) is 12.1. The van der Waals surface area contributed by atoms with Gasteiger partial charge in [-0.15, -0.1) is 11.3 Å². The first kappa shape index (κ1) is 23.2. The highest BCUT2D eigenvalue weighted by atomic mass is 32.1. The number of thiophene rings is 1. The van der Waals surface area contributed by atoms with Crippen molar-refractivity contribution in [3.63, 3.8) is 0 Å². The van der Waals surface area contributed by atoms with Gasteiger partial charge in [0.1, 0.15) is 5.54 Å². The molecule has 0 bridgehead atoms. The molecule has 32 heavy (non-hydrogen) atoms. The summed E-state index contributed by atoms with van der Waals surface area (Å²) in [6, 6.07) is 4.09. The van der Waals surface area contributed by atoms with Crippen LogP contribution >= 0.6 is 11.3 Å². The normalized spacial score (nSPS) is 27.4. The zero-order valence-electron chi connectivity index (χ0n) is 19.6. The monoisotopic (exact) mass is 460 g/mol. The summed E-state index contributed by atoms with van der Waals surface area (Å²) in [5, 5.41) is 3.13. The first-order valence-corrected chi connectivity index (χ1v) is 12.9. The molecular weight excluding hydrogens is 424 g/mol. The maximum absolute atomic E-state index is 13.6. The fourth-order valence-electron chi connectivity index (χ4n) is 5.80. The zero-order chi connectivity index (χ0) is 22.9. The predicted octanol–water partition coefficient (Wildman–Crippen LogP) is 3.48. The number of carbonyl (C=O) groups excluding carboxylic acids is 3. The Bertz CT molecular complexity index is 863.